The number of nitrogens with zero attached hydrogens (tertiary/aromatic N) is 2. The number of aromatic amines is 1. The van der Waals surface area contributed by atoms with Crippen LogP contribution in [0.15, 0.2) is 35.9 Å². The van der Waals surface area contributed by atoms with E-state index in [1.807, 2.05) is 32.9 Å². The second-order valence-corrected chi connectivity index (χ2v) is 11.1. The van der Waals surface area contributed by atoms with Crippen LogP contribution in [0.4, 0.5) is 9.18 Å². The van der Waals surface area contributed by atoms with Crippen molar-refractivity contribution in [1.82, 2.24) is 20.1 Å². The summed E-state index contributed by atoms with van der Waals surface area (Å²) in [5.41, 5.74) is 1.57. The molecule has 0 radical (unpaired) electrons. The molecule has 0 bridgehead atoms. The molecule has 5 rings (SSSR count). The Morgan fingerprint density at radius 3 is 2.72 bits per heavy atom. The van der Waals surface area contributed by atoms with Crippen LogP contribution in [0.5, 0.6) is 5.75 Å². The van der Waals surface area contributed by atoms with Crippen molar-refractivity contribution in [3.63, 3.8) is 0 Å². The summed E-state index contributed by atoms with van der Waals surface area (Å²) in [6.07, 6.45) is 5.55. The van der Waals surface area contributed by atoms with Crippen LogP contribution in [0.2, 0.25) is 0 Å². The fraction of sp³-hybridized carbons (Fsp3) is 0.481. The van der Waals surface area contributed by atoms with E-state index < -0.39 is 23.5 Å². The highest BCUT2D eigenvalue weighted by Gasteiger charge is 2.60. The lowest BCUT2D eigenvalue weighted by Crippen LogP contribution is -2.53. The van der Waals surface area contributed by atoms with Gasteiger partial charge in [-0.15, -0.1) is 0 Å². The number of rotatable bonds is 5. The first-order chi connectivity index (χ1) is 16.9. The number of amides is 3. The van der Waals surface area contributed by atoms with Crippen molar-refractivity contribution in [1.29, 1.82) is 0 Å². The number of ether oxygens (including phenoxy) is 1. The Hall–Kier alpha value is -3.17. The summed E-state index contributed by atoms with van der Waals surface area (Å²) in [6.45, 7) is 8.61. The molecule has 1 aromatic carbocycles. The molecule has 9 heteroatoms. The lowest BCUT2D eigenvalue weighted by molar-refractivity contribution is -0.133. The number of halogens is 1. The fourth-order valence-electron chi connectivity index (χ4n) is 5.63. The van der Waals surface area contributed by atoms with E-state index in [1.165, 1.54) is 18.1 Å². The van der Waals surface area contributed by atoms with E-state index in [9.17, 15) is 19.1 Å². The van der Waals surface area contributed by atoms with E-state index in [1.54, 1.807) is 24.0 Å². The van der Waals surface area contributed by atoms with Gasteiger partial charge in [0.15, 0.2) is 11.6 Å². The number of benzene rings is 1. The van der Waals surface area contributed by atoms with Gasteiger partial charge >= 0.3 is 6.03 Å². The normalized spacial score (nSPS) is 25.9. The molecule has 2 unspecified atom stereocenters. The zero-order valence-corrected chi connectivity index (χ0v) is 21.3. The Morgan fingerprint density at radius 1 is 1.31 bits per heavy atom. The highest BCUT2D eigenvalue weighted by atomic mass is 19.1. The van der Waals surface area contributed by atoms with Crippen molar-refractivity contribution >= 4 is 22.8 Å². The molecule has 1 saturated heterocycles. The van der Waals surface area contributed by atoms with Gasteiger partial charge in [0.05, 0.1) is 13.2 Å². The molecule has 3 amide bonds. The van der Waals surface area contributed by atoms with E-state index in [-0.39, 0.29) is 36.2 Å². The maximum Gasteiger partial charge on any atom is 0.328 e. The zero-order valence-electron chi connectivity index (χ0n) is 21.3. The van der Waals surface area contributed by atoms with Crippen molar-refractivity contribution in [2.24, 2.45) is 0 Å². The number of aliphatic hydroxyl groups excluding tert-OH is 1. The minimum Gasteiger partial charge on any atom is -0.494 e. The first kappa shape index (κ1) is 24.5. The molecule has 3 N–H and O–H groups in total. The highest BCUT2D eigenvalue weighted by molar-refractivity contribution is 6.08. The minimum atomic E-state index is -1.13. The Bertz CT molecular complexity index is 1310. The Labute approximate surface area is 209 Å². The van der Waals surface area contributed by atoms with Crippen LogP contribution in [0.1, 0.15) is 51.4 Å². The average molecular weight is 497 g/mol. The quantitative estimate of drug-likeness (QED) is 0.550. The van der Waals surface area contributed by atoms with Gasteiger partial charge in [-0.05, 0) is 51.3 Å². The lowest BCUT2D eigenvalue weighted by Gasteiger charge is -2.43. The highest BCUT2D eigenvalue weighted by Crippen LogP contribution is 2.50. The van der Waals surface area contributed by atoms with Crippen LogP contribution in [0, 0.1) is 5.82 Å². The van der Waals surface area contributed by atoms with E-state index in [0.29, 0.717) is 18.5 Å². The molecule has 0 spiro atoms. The number of methoxy groups -OCH3 is 1. The van der Waals surface area contributed by atoms with E-state index in [0.717, 1.165) is 22.2 Å². The van der Waals surface area contributed by atoms with Gasteiger partial charge in [-0.3, -0.25) is 14.6 Å². The first-order valence-corrected chi connectivity index (χ1v) is 12.3. The molecular formula is C27H33FN4O4. The molecule has 36 heavy (non-hydrogen) atoms. The summed E-state index contributed by atoms with van der Waals surface area (Å²) in [4.78, 5) is 33.9. The van der Waals surface area contributed by atoms with Crippen molar-refractivity contribution in [3.8, 4) is 5.75 Å². The number of hydrogen-bond donors (Lipinski definition) is 3. The third-order valence-electron chi connectivity index (χ3n) is 7.32. The van der Waals surface area contributed by atoms with Crippen LogP contribution < -0.4 is 10.1 Å². The van der Waals surface area contributed by atoms with Crippen LogP contribution in [-0.4, -0.2) is 69.2 Å². The Morgan fingerprint density at radius 2 is 2.06 bits per heavy atom. The number of aromatic nitrogens is 1. The molecule has 3 aliphatic rings. The molecule has 2 aromatic rings. The number of urea groups is 1. The van der Waals surface area contributed by atoms with Gasteiger partial charge in [-0.25, -0.2) is 9.18 Å². The fourth-order valence-corrected chi connectivity index (χ4v) is 5.63. The van der Waals surface area contributed by atoms with Crippen LogP contribution in [-0.2, 0) is 11.2 Å². The molecule has 1 fully saturated rings. The van der Waals surface area contributed by atoms with Gasteiger partial charge in [0.25, 0.3) is 5.91 Å². The van der Waals surface area contributed by atoms with Gasteiger partial charge in [-0.2, -0.15) is 0 Å². The Balaban J connectivity index is 1.64. The predicted molar refractivity (Wildman–Crippen MR) is 134 cm³/mol. The number of carbonyl (C=O) groups is 2. The first-order valence-electron chi connectivity index (χ1n) is 12.3. The van der Waals surface area contributed by atoms with E-state index in [4.69, 9.17) is 4.74 Å². The molecule has 3 heterocycles. The van der Waals surface area contributed by atoms with Gasteiger partial charge in [-0.1, -0.05) is 18.2 Å². The maximum absolute atomic E-state index is 14.5. The summed E-state index contributed by atoms with van der Waals surface area (Å²) in [7, 11) is 1.41. The summed E-state index contributed by atoms with van der Waals surface area (Å²) in [6, 6.07) is 2.02. The molecule has 2 aliphatic heterocycles. The zero-order chi connectivity index (χ0) is 26.0. The summed E-state index contributed by atoms with van der Waals surface area (Å²) in [5.74, 6) is -0.642. The van der Waals surface area contributed by atoms with E-state index in [2.05, 4.69) is 10.3 Å². The molecule has 1 aromatic heterocycles. The largest absolute Gasteiger partial charge is 0.494 e. The van der Waals surface area contributed by atoms with Crippen molar-refractivity contribution < 1.29 is 23.8 Å². The van der Waals surface area contributed by atoms with Gasteiger partial charge < -0.3 is 20.1 Å². The number of fused-ring (bicyclic) bond motifs is 4. The number of carbonyl (C=O) groups excluding carboxylic acids is 2. The van der Waals surface area contributed by atoms with Crippen molar-refractivity contribution in [2.45, 2.75) is 63.8 Å². The summed E-state index contributed by atoms with van der Waals surface area (Å²) in [5, 5.41) is 14.5. The predicted octanol–water partition coefficient (Wildman–Crippen LogP) is 3.57. The lowest BCUT2D eigenvalue weighted by atomic mass is 9.80. The number of H-pyrrole nitrogens is 1. The molecule has 0 saturated carbocycles. The maximum atomic E-state index is 14.5. The topological polar surface area (TPSA) is 97.9 Å². The molecule has 8 nitrogen and oxygen atoms in total. The molecule has 192 valence electrons. The molecular weight excluding hydrogens is 463 g/mol. The summed E-state index contributed by atoms with van der Waals surface area (Å²) < 4.78 is 19.8. The standard InChI is InChI=1S/C27H33FN4O4/c1-26(2,3)29-9-10-31-24(34)27(4)14-18-17-12-21(36-5)19(28)13-20(17)30-22(18)23(32(27)25(31)35)15-7-6-8-16(33)11-15/h6-7,11-13,16,23,29-30,33H,8-10,14H2,1-5H3/t16?,23-,27?/m1/s1. The minimum absolute atomic E-state index is 0.115. The van der Waals surface area contributed by atoms with Crippen LogP contribution >= 0.6 is 0 Å². The third-order valence-corrected chi connectivity index (χ3v) is 7.32. The summed E-state index contributed by atoms with van der Waals surface area (Å²) >= 11 is 0. The van der Waals surface area contributed by atoms with Gasteiger partial charge in [0.1, 0.15) is 11.6 Å². The number of hydrogen-bond acceptors (Lipinski definition) is 5. The van der Waals surface area contributed by atoms with Gasteiger partial charge in [0.2, 0.25) is 0 Å². The number of aliphatic hydroxyl groups is 1. The number of nitrogens with one attached hydrogen (secondary N) is 2. The molecule has 3 atom stereocenters. The smallest absolute Gasteiger partial charge is 0.328 e. The second kappa shape index (κ2) is 8.45. The average Bonchev–Trinajstić information content (AvgIpc) is 3.23. The van der Waals surface area contributed by atoms with Crippen LogP contribution in [0.25, 0.3) is 10.9 Å². The SMILES string of the molecule is COc1cc2c3c([nH]c2cc1F)[C@@H](C1=CC(O)CC=C1)N1C(=O)N(CCNC(C)(C)C)C(=O)C1(C)C3. The third kappa shape index (κ3) is 3.81. The molecule has 1 aliphatic carbocycles. The van der Waals surface area contributed by atoms with Crippen molar-refractivity contribution in [3.05, 3.63) is 53.0 Å². The van der Waals surface area contributed by atoms with Crippen LogP contribution in [0.3, 0.4) is 0 Å². The van der Waals surface area contributed by atoms with E-state index >= 15 is 0 Å². The Kier molecular flexibility index (Phi) is 5.76. The number of imide groups is 1. The van der Waals surface area contributed by atoms with Crippen molar-refractivity contribution in [2.75, 3.05) is 20.2 Å². The van der Waals surface area contributed by atoms with Gasteiger partial charge in [0, 0.05) is 47.7 Å². The second-order valence-electron chi connectivity index (χ2n) is 11.1. The monoisotopic (exact) mass is 496 g/mol.